The van der Waals surface area contributed by atoms with Crippen molar-refractivity contribution in [3.8, 4) is 0 Å². The lowest BCUT2D eigenvalue weighted by Crippen LogP contribution is -2.18. The molecule has 0 aliphatic heterocycles. The number of nitrogens with zero attached hydrogens (tertiary/aromatic N) is 1. The lowest BCUT2D eigenvalue weighted by atomic mass is 10.1. The Labute approximate surface area is 99.5 Å². The van der Waals surface area contributed by atoms with Crippen LogP contribution in [-0.4, -0.2) is 16.6 Å². The van der Waals surface area contributed by atoms with E-state index in [4.69, 9.17) is 15.6 Å². The van der Waals surface area contributed by atoms with Gasteiger partial charge in [0.05, 0.1) is 11.5 Å². The minimum atomic E-state index is 0.243. The van der Waals surface area contributed by atoms with Crippen LogP contribution < -0.4 is 5.73 Å². The lowest BCUT2D eigenvalue weighted by molar-refractivity contribution is 0.429. The first-order chi connectivity index (χ1) is 7.51. The van der Waals surface area contributed by atoms with Crippen molar-refractivity contribution in [3.63, 3.8) is 0 Å². The summed E-state index contributed by atoms with van der Waals surface area (Å²) in [5, 5.41) is 8.08. The molecule has 1 saturated carbocycles. The van der Waals surface area contributed by atoms with Gasteiger partial charge in [0.25, 0.3) is 5.22 Å². The molecule has 0 amide bonds. The highest BCUT2D eigenvalue weighted by Gasteiger charge is 2.43. The van der Waals surface area contributed by atoms with Gasteiger partial charge in [0.2, 0.25) is 0 Å². The predicted octanol–water partition coefficient (Wildman–Crippen LogP) is 2.49. The van der Waals surface area contributed by atoms with Gasteiger partial charge >= 0.3 is 0 Å². The maximum Gasteiger partial charge on any atom is 0.256 e. The maximum atomic E-state index is 7.34. The van der Waals surface area contributed by atoms with Crippen LogP contribution in [-0.2, 0) is 0 Å². The zero-order valence-electron chi connectivity index (χ0n) is 9.67. The molecular formula is C11H17N3OS. The summed E-state index contributed by atoms with van der Waals surface area (Å²) in [7, 11) is 0. The van der Waals surface area contributed by atoms with Crippen LogP contribution in [0.15, 0.2) is 9.64 Å². The van der Waals surface area contributed by atoms with E-state index in [0.717, 1.165) is 35.3 Å². The summed E-state index contributed by atoms with van der Waals surface area (Å²) in [6.45, 7) is 3.88. The van der Waals surface area contributed by atoms with Crippen molar-refractivity contribution in [2.75, 3.05) is 5.75 Å². The molecule has 1 fully saturated rings. The van der Waals surface area contributed by atoms with Gasteiger partial charge < -0.3 is 10.2 Å². The van der Waals surface area contributed by atoms with Gasteiger partial charge in [-0.1, -0.05) is 11.8 Å². The van der Waals surface area contributed by atoms with E-state index in [-0.39, 0.29) is 11.3 Å². The Morgan fingerprint density at radius 3 is 2.69 bits per heavy atom. The number of nitrogens with one attached hydrogen (secondary N) is 1. The number of amidine groups is 1. The second kappa shape index (κ2) is 4.13. The van der Waals surface area contributed by atoms with Gasteiger partial charge in [-0.3, -0.25) is 5.41 Å². The second-order valence-corrected chi connectivity index (χ2v) is 5.54. The maximum absolute atomic E-state index is 7.34. The number of hydrogen-bond acceptors (Lipinski definition) is 4. The third kappa shape index (κ3) is 2.58. The number of nitrogens with two attached hydrogens (primary N) is 1. The van der Waals surface area contributed by atoms with Gasteiger partial charge in [-0.15, -0.1) is 0 Å². The third-order valence-electron chi connectivity index (χ3n) is 3.03. The molecule has 0 radical (unpaired) electrons. The quantitative estimate of drug-likeness (QED) is 0.470. The fourth-order valence-corrected chi connectivity index (χ4v) is 2.88. The Morgan fingerprint density at radius 2 is 2.25 bits per heavy atom. The Bertz CT molecular complexity index is 390. The Morgan fingerprint density at radius 1 is 1.56 bits per heavy atom. The number of hydrogen-bond donors (Lipinski definition) is 2. The molecule has 16 heavy (non-hydrogen) atoms. The number of rotatable bonds is 5. The van der Waals surface area contributed by atoms with Crippen LogP contribution >= 0.6 is 11.8 Å². The lowest BCUT2D eigenvalue weighted by Gasteiger charge is -2.11. The van der Waals surface area contributed by atoms with E-state index in [1.165, 1.54) is 0 Å². The van der Waals surface area contributed by atoms with Gasteiger partial charge in [0, 0.05) is 12.2 Å². The van der Waals surface area contributed by atoms with Crippen LogP contribution in [0.5, 0.6) is 0 Å². The average Bonchev–Trinajstić information content (AvgIpc) is 2.86. The highest BCUT2D eigenvalue weighted by Crippen LogP contribution is 2.51. The Balaban J connectivity index is 1.90. The van der Waals surface area contributed by atoms with Crippen LogP contribution in [0.1, 0.15) is 30.7 Å². The van der Waals surface area contributed by atoms with Crippen LogP contribution in [0.25, 0.3) is 0 Å². The largest absolute Gasteiger partial charge is 0.437 e. The molecule has 0 saturated heterocycles. The normalized spacial score (nSPS) is 17.4. The summed E-state index contributed by atoms with van der Waals surface area (Å²) >= 11 is 1.64. The van der Waals surface area contributed by atoms with Crippen LogP contribution in [0.3, 0.4) is 0 Å². The van der Waals surface area contributed by atoms with Crippen LogP contribution in [0.4, 0.5) is 0 Å². The van der Waals surface area contributed by atoms with E-state index in [1.54, 1.807) is 11.8 Å². The van der Waals surface area contributed by atoms with Gasteiger partial charge in [-0.25, -0.2) is 4.98 Å². The number of aryl methyl sites for hydroxylation is 2. The summed E-state index contributed by atoms with van der Waals surface area (Å²) in [5.74, 6) is 2.13. The van der Waals surface area contributed by atoms with Crippen molar-refractivity contribution in [2.45, 2.75) is 38.3 Å². The van der Waals surface area contributed by atoms with Crippen molar-refractivity contribution < 1.29 is 4.42 Å². The molecule has 1 aliphatic carbocycles. The second-order valence-electron chi connectivity index (χ2n) is 4.61. The molecule has 2 rings (SSSR count). The smallest absolute Gasteiger partial charge is 0.256 e. The molecule has 5 heteroatoms. The zero-order chi connectivity index (χ0) is 11.8. The van der Waals surface area contributed by atoms with Crippen molar-refractivity contribution in [2.24, 2.45) is 11.1 Å². The molecule has 0 spiro atoms. The van der Waals surface area contributed by atoms with Crippen LogP contribution in [0.2, 0.25) is 0 Å². The molecule has 4 nitrogen and oxygen atoms in total. The van der Waals surface area contributed by atoms with Gasteiger partial charge in [0.15, 0.2) is 0 Å². The van der Waals surface area contributed by atoms with Crippen molar-refractivity contribution in [3.05, 3.63) is 11.5 Å². The summed E-state index contributed by atoms with van der Waals surface area (Å²) in [5.41, 5.74) is 6.65. The first-order valence-electron chi connectivity index (χ1n) is 5.40. The first-order valence-corrected chi connectivity index (χ1v) is 6.39. The summed E-state index contributed by atoms with van der Waals surface area (Å²) in [6.07, 6.45) is 3.04. The van der Waals surface area contributed by atoms with E-state index in [9.17, 15) is 0 Å². The fraction of sp³-hybridized carbons (Fsp3) is 0.636. The highest BCUT2D eigenvalue weighted by molar-refractivity contribution is 7.99. The minimum Gasteiger partial charge on any atom is -0.437 e. The van der Waals surface area contributed by atoms with Gasteiger partial charge in [-0.2, -0.15) is 0 Å². The topological polar surface area (TPSA) is 75.9 Å². The molecule has 1 aromatic heterocycles. The van der Waals surface area contributed by atoms with Crippen LogP contribution in [0, 0.1) is 24.7 Å². The van der Waals surface area contributed by atoms with E-state index in [2.05, 4.69) is 4.98 Å². The number of thioether (sulfide) groups is 1. The summed E-state index contributed by atoms with van der Waals surface area (Å²) < 4.78 is 5.51. The van der Waals surface area contributed by atoms with E-state index in [0.29, 0.717) is 6.42 Å². The number of aromatic nitrogens is 1. The molecule has 1 aliphatic rings. The molecular weight excluding hydrogens is 222 g/mol. The van der Waals surface area contributed by atoms with Gasteiger partial charge in [-0.05, 0) is 32.1 Å². The van der Waals surface area contributed by atoms with Crippen molar-refractivity contribution in [1.29, 1.82) is 5.41 Å². The van der Waals surface area contributed by atoms with Crippen molar-refractivity contribution >= 4 is 17.6 Å². The molecule has 0 unspecified atom stereocenters. The fourth-order valence-electron chi connectivity index (χ4n) is 1.67. The number of oxazole rings is 1. The minimum absolute atomic E-state index is 0.243. The molecule has 0 bridgehead atoms. The van der Waals surface area contributed by atoms with E-state index in [1.807, 2.05) is 13.8 Å². The third-order valence-corrected chi connectivity index (χ3v) is 4.21. The predicted molar refractivity (Wildman–Crippen MR) is 64.9 cm³/mol. The van der Waals surface area contributed by atoms with E-state index >= 15 is 0 Å². The average molecular weight is 239 g/mol. The molecule has 1 aromatic rings. The Hall–Kier alpha value is -0.970. The highest BCUT2D eigenvalue weighted by atomic mass is 32.2. The van der Waals surface area contributed by atoms with E-state index < -0.39 is 0 Å². The SMILES string of the molecule is Cc1nc(SCC2(CC(=N)N)CC2)oc1C. The van der Waals surface area contributed by atoms with Crippen molar-refractivity contribution in [1.82, 2.24) is 4.98 Å². The molecule has 0 atom stereocenters. The Kier molecular flexibility index (Phi) is 2.97. The molecule has 88 valence electrons. The van der Waals surface area contributed by atoms with Gasteiger partial charge in [0.1, 0.15) is 5.76 Å². The molecule has 0 aromatic carbocycles. The molecule has 1 heterocycles. The zero-order valence-corrected chi connectivity index (χ0v) is 10.5. The summed E-state index contributed by atoms with van der Waals surface area (Å²) in [4.78, 5) is 4.33. The summed E-state index contributed by atoms with van der Waals surface area (Å²) in [6, 6.07) is 0. The monoisotopic (exact) mass is 239 g/mol. The molecule has 3 N–H and O–H groups in total. The first kappa shape index (κ1) is 11.5. The standard InChI is InChI=1S/C11H17N3OS/c1-7-8(2)15-10(14-7)16-6-11(3-4-11)5-9(12)13/h3-6H2,1-2H3,(H3,12,13).